The van der Waals surface area contributed by atoms with Crippen molar-refractivity contribution in [2.24, 2.45) is 0 Å². The number of likely N-dealkylation sites (tertiary alicyclic amines) is 1. The maximum atomic E-state index is 11.9. The molecule has 7 heteroatoms. The van der Waals surface area contributed by atoms with E-state index < -0.39 is 11.9 Å². The van der Waals surface area contributed by atoms with Crippen LogP contribution in [0.2, 0.25) is 0 Å². The molecule has 0 atom stereocenters. The number of hydrogen-bond donors (Lipinski definition) is 1. The number of nitrogens with one attached hydrogen (secondary N) is 1. The zero-order valence-electron chi connectivity index (χ0n) is 13.7. The fraction of sp³-hybridized carbons (Fsp3) is 0.353. The number of carbonyl (C=O) groups is 3. The number of amides is 1. The Bertz CT molecular complexity index is 669. The molecule has 0 aliphatic carbocycles. The zero-order valence-corrected chi connectivity index (χ0v) is 13.7. The monoisotopic (exact) mass is 332 g/mol. The third kappa shape index (κ3) is 4.34. The molecule has 0 unspecified atom stereocenters. The van der Waals surface area contributed by atoms with Gasteiger partial charge in [-0.05, 0) is 18.1 Å². The maximum Gasteiger partial charge on any atom is 0.354 e. The number of rotatable bonds is 6. The number of hydrogen-bond acceptors (Lipinski definition) is 6. The Hall–Kier alpha value is -2.83. The van der Waals surface area contributed by atoms with Crippen LogP contribution in [-0.4, -0.2) is 43.5 Å². The van der Waals surface area contributed by atoms with Gasteiger partial charge in [-0.1, -0.05) is 18.2 Å². The van der Waals surface area contributed by atoms with E-state index in [1.165, 1.54) is 14.2 Å². The van der Waals surface area contributed by atoms with Crippen LogP contribution in [-0.2, 0) is 30.4 Å². The van der Waals surface area contributed by atoms with Gasteiger partial charge < -0.3 is 19.7 Å². The van der Waals surface area contributed by atoms with Gasteiger partial charge in [-0.2, -0.15) is 0 Å². The number of ether oxygens (including phenoxy) is 2. The number of nitrogens with zero attached hydrogens (tertiary/aromatic N) is 1. The molecule has 1 saturated heterocycles. The van der Waals surface area contributed by atoms with Gasteiger partial charge in [0, 0.05) is 25.2 Å². The van der Waals surface area contributed by atoms with E-state index in [1.807, 2.05) is 12.1 Å². The highest BCUT2D eigenvalue weighted by Gasteiger charge is 2.21. The minimum Gasteiger partial charge on any atom is -0.466 e. The van der Waals surface area contributed by atoms with Crippen LogP contribution in [0.4, 0.5) is 5.69 Å². The number of methoxy groups -OCH3 is 2. The Morgan fingerprint density at radius 3 is 2.62 bits per heavy atom. The molecular formula is C17H20N2O5. The van der Waals surface area contributed by atoms with Crippen molar-refractivity contribution in [3.8, 4) is 0 Å². The van der Waals surface area contributed by atoms with Gasteiger partial charge >= 0.3 is 11.9 Å². The maximum absolute atomic E-state index is 11.9. The summed E-state index contributed by atoms with van der Waals surface area (Å²) in [4.78, 5) is 36.9. The van der Waals surface area contributed by atoms with Crippen molar-refractivity contribution in [2.45, 2.75) is 19.4 Å². The molecule has 1 heterocycles. The van der Waals surface area contributed by atoms with Crippen LogP contribution in [0.25, 0.3) is 0 Å². The van der Waals surface area contributed by atoms with Gasteiger partial charge in [0.15, 0.2) is 0 Å². The normalized spacial score (nSPS) is 14.5. The molecule has 2 rings (SSSR count). The lowest BCUT2D eigenvalue weighted by Gasteiger charge is -2.19. The summed E-state index contributed by atoms with van der Waals surface area (Å²) in [5.74, 6) is -1.24. The van der Waals surface area contributed by atoms with Gasteiger partial charge in [-0.3, -0.25) is 4.79 Å². The third-order valence-corrected chi connectivity index (χ3v) is 3.69. The average molecular weight is 332 g/mol. The molecule has 24 heavy (non-hydrogen) atoms. The van der Waals surface area contributed by atoms with Crippen molar-refractivity contribution in [3.05, 3.63) is 41.6 Å². The Labute approximate surface area is 140 Å². The van der Waals surface area contributed by atoms with Crippen molar-refractivity contribution in [2.75, 3.05) is 26.1 Å². The van der Waals surface area contributed by atoms with Crippen molar-refractivity contribution in [3.63, 3.8) is 0 Å². The second-order valence-electron chi connectivity index (χ2n) is 5.27. The third-order valence-electron chi connectivity index (χ3n) is 3.69. The molecular weight excluding hydrogens is 312 g/mol. The molecule has 128 valence electrons. The molecule has 7 nitrogen and oxygen atoms in total. The van der Waals surface area contributed by atoms with Crippen molar-refractivity contribution in [1.29, 1.82) is 0 Å². The number of esters is 2. The Morgan fingerprint density at radius 1 is 1.25 bits per heavy atom. The lowest BCUT2D eigenvalue weighted by atomic mass is 10.1. The van der Waals surface area contributed by atoms with E-state index in [0.717, 1.165) is 24.6 Å². The molecule has 0 spiro atoms. The fourth-order valence-electron chi connectivity index (χ4n) is 2.43. The summed E-state index contributed by atoms with van der Waals surface area (Å²) >= 11 is 0. The molecule has 1 amide bonds. The average Bonchev–Trinajstić information content (AvgIpc) is 2.99. The van der Waals surface area contributed by atoms with Crippen LogP contribution in [0, 0.1) is 0 Å². The van der Waals surface area contributed by atoms with E-state index in [2.05, 4.69) is 14.8 Å². The number of carbonyl (C=O) groups excluding carboxylic acids is 3. The Morgan fingerprint density at radius 2 is 2.00 bits per heavy atom. The summed E-state index contributed by atoms with van der Waals surface area (Å²) in [6, 6.07) is 7.28. The molecule has 1 N–H and O–H groups in total. The highest BCUT2D eigenvalue weighted by Crippen LogP contribution is 2.22. The summed E-state index contributed by atoms with van der Waals surface area (Å²) in [6.45, 7) is 1.16. The number of para-hydroxylation sites is 1. The van der Waals surface area contributed by atoms with Crippen molar-refractivity contribution in [1.82, 2.24) is 4.90 Å². The molecule has 0 radical (unpaired) electrons. The largest absolute Gasteiger partial charge is 0.466 e. The topological polar surface area (TPSA) is 84.9 Å². The first-order valence-corrected chi connectivity index (χ1v) is 7.55. The minimum absolute atomic E-state index is 0.0375. The predicted octanol–water partition coefficient (Wildman–Crippen LogP) is 1.45. The van der Waals surface area contributed by atoms with Crippen LogP contribution in [0.1, 0.15) is 18.4 Å². The molecule has 1 aliphatic heterocycles. The molecule has 1 aromatic carbocycles. The zero-order chi connectivity index (χ0) is 17.5. The standard InChI is InChI=1S/C17H20N2O5/c1-23-16(21)10-14(17(22)24-2)18-13-7-4-3-6-12(13)11-19-9-5-8-15(19)20/h3-4,6-7,10,18H,5,8-9,11H2,1-2H3/b14-10+. The molecule has 0 bridgehead atoms. The highest BCUT2D eigenvalue weighted by molar-refractivity contribution is 5.98. The van der Waals surface area contributed by atoms with Crippen LogP contribution < -0.4 is 5.32 Å². The number of anilines is 1. The lowest BCUT2D eigenvalue weighted by molar-refractivity contribution is -0.138. The molecule has 1 aromatic rings. The summed E-state index contributed by atoms with van der Waals surface area (Å²) in [6.07, 6.45) is 2.44. The second-order valence-corrected chi connectivity index (χ2v) is 5.27. The van der Waals surface area contributed by atoms with Crippen LogP contribution in [0.5, 0.6) is 0 Å². The minimum atomic E-state index is -0.688. The fourth-order valence-corrected chi connectivity index (χ4v) is 2.43. The SMILES string of the molecule is COC(=O)/C=C(/Nc1ccccc1CN1CCCC1=O)C(=O)OC. The van der Waals surface area contributed by atoms with E-state index in [9.17, 15) is 14.4 Å². The van der Waals surface area contributed by atoms with E-state index >= 15 is 0 Å². The van der Waals surface area contributed by atoms with Crippen LogP contribution in [0.15, 0.2) is 36.0 Å². The van der Waals surface area contributed by atoms with Crippen LogP contribution >= 0.6 is 0 Å². The lowest BCUT2D eigenvalue weighted by Crippen LogP contribution is -2.24. The summed E-state index contributed by atoms with van der Waals surface area (Å²) in [5, 5.41) is 2.90. The van der Waals surface area contributed by atoms with Gasteiger partial charge in [0.2, 0.25) is 5.91 Å². The van der Waals surface area contributed by atoms with E-state index in [1.54, 1.807) is 17.0 Å². The first-order chi connectivity index (χ1) is 11.5. The Kier molecular flexibility index (Phi) is 5.95. The van der Waals surface area contributed by atoms with Crippen LogP contribution in [0.3, 0.4) is 0 Å². The molecule has 1 fully saturated rings. The van der Waals surface area contributed by atoms with Gasteiger partial charge in [0.05, 0.1) is 20.3 Å². The summed E-state index contributed by atoms with van der Waals surface area (Å²) < 4.78 is 9.23. The Balaban J connectivity index is 2.23. The number of benzene rings is 1. The van der Waals surface area contributed by atoms with Gasteiger partial charge in [-0.25, -0.2) is 9.59 Å². The first-order valence-electron chi connectivity index (χ1n) is 7.55. The molecule has 0 saturated carbocycles. The van der Waals surface area contributed by atoms with Gasteiger partial charge in [-0.15, -0.1) is 0 Å². The molecule has 0 aromatic heterocycles. The summed E-state index contributed by atoms with van der Waals surface area (Å²) in [5.41, 5.74) is 1.43. The quantitative estimate of drug-likeness (QED) is 0.627. The van der Waals surface area contributed by atoms with E-state index in [4.69, 9.17) is 0 Å². The smallest absolute Gasteiger partial charge is 0.354 e. The van der Waals surface area contributed by atoms with E-state index in [-0.39, 0.29) is 11.6 Å². The predicted molar refractivity (Wildman–Crippen MR) is 86.8 cm³/mol. The van der Waals surface area contributed by atoms with Gasteiger partial charge in [0.25, 0.3) is 0 Å². The van der Waals surface area contributed by atoms with E-state index in [0.29, 0.717) is 18.7 Å². The first kappa shape index (κ1) is 17.5. The second kappa shape index (κ2) is 8.14. The van der Waals surface area contributed by atoms with Crippen molar-refractivity contribution >= 4 is 23.5 Å². The van der Waals surface area contributed by atoms with Crippen molar-refractivity contribution < 1.29 is 23.9 Å². The summed E-state index contributed by atoms with van der Waals surface area (Å²) in [7, 11) is 2.45. The molecule has 1 aliphatic rings. The van der Waals surface area contributed by atoms with Gasteiger partial charge in [0.1, 0.15) is 5.70 Å². The highest BCUT2D eigenvalue weighted by atomic mass is 16.5.